The molecule has 9 aromatic carbocycles. The van der Waals surface area contributed by atoms with Crippen LogP contribution in [0.4, 0.5) is 22.7 Å². The van der Waals surface area contributed by atoms with E-state index < -0.39 is 0 Å². The van der Waals surface area contributed by atoms with Crippen LogP contribution in [-0.2, 0) is 10.8 Å². The maximum atomic E-state index is 4.62. The molecular formula is C74H66N4. The second-order valence-electron chi connectivity index (χ2n) is 24.4. The second kappa shape index (κ2) is 17.2. The third-order valence-corrected chi connectivity index (χ3v) is 20.4. The minimum absolute atomic E-state index is 0.0150. The number of pyridine rings is 2. The number of hydrogen-bond acceptors (Lipinski definition) is 4. The van der Waals surface area contributed by atoms with Crippen LogP contribution in [0, 0.1) is 13.8 Å². The van der Waals surface area contributed by atoms with Crippen molar-refractivity contribution in [1.29, 1.82) is 0 Å². The number of fused-ring (bicyclic) bond motifs is 10. The van der Waals surface area contributed by atoms with E-state index in [4.69, 9.17) is 0 Å². The topological polar surface area (TPSA) is 32.3 Å². The molecular weight excluding hydrogens is 945 g/mol. The lowest BCUT2D eigenvalue weighted by Crippen LogP contribution is -2.54. The molecule has 382 valence electrons. The van der Waals surface area contributed by atoms with Crippen LogP contribution in [0.5, 0.6) is 0 Å². The average Bonchev–Trinajstić information content (AvgIpc) is 3.20. The first-order valence-corrected chi connectivity index (χ1v) is 28.7. The summed E-state index contributed by atoms with van der Waals surface area (Å²) in [6.45, 7) is 14.4. The fraction of sp³-hybridized carbons (Fsp3) is 0.243. The van der Waals surface area contributed by atoms with Crippen LogP contribution >= 0.6 is 0 Å². The molecule has 0 saturated heterocycles. The molecule has 4 heteroatoms. The summed E-state index contributed by atoms with van der Waals surface area (Å²) in [7, 11) is 0. The first-order valence-electron chi connectivity index (χ1n) is 28.7. The lowest BCUT2D eigenvalue weighted by Gasteiger charge is -2.50. The molecule has 0 bridgehead atoms. The molecule has 2 saturated carbocycles. The number of benzene rings is 9. The summed E-state index contributed by atoms with van der Waals surface area (Å²) < 4.78 is 0. The molecule has 0 N–H and O–H groups in total. The van der Waals surface area contributed by atoms with Gasteiger partial charge in [0.25, 0.3) is 0 Å². The number of hydrogen-bond donors (Lipinski definition) is 0. The maximum absolute atomic E-state index is 4.62. The summed E-state index contributed by atoms with van der Waals surface area (Å²) in [6, 6.07) is 70.3. The third kappa shape index (κ3) is 6.65. The zero-order valence-electron chi connectivity index (χ0n) is 45.9. The summed E-state index contributed by atoms with van der Waals surface area (Å²) >= 11 is 0. The van der Waals surface area contributed by atoms with Gasteiger partial charge in [0.2, 0.25) is 0 Å². The summed E-state index contributed by atoms with van der Waals surface area (Å²) in [4.78, 5) is 14.6. The molecule has 4 atom stereocenters. The van der Waals surface area contributed by atoms with Crippen LogP contribution in [0.3, 0.4) is 0 Å². The first-order chi connectivity index (χ1) is 38.0. The molecule has 0 radical (unpaired) electrons. The van der Waals surface area contributed by atoms with Gasteiger partial charge >= 0.3 is 0 Å². The van der Waals surface area contributed by atoms with Gasteiger partial charge in [0.1, 0.15) is 0 Å². The Morgan fingerprint density at radius 3 is 1.21 bits per heavy atom. The van der Waals surface area contributed by atoms with Gasteiger partial charge in [-0.1, -0.05) is 161 Å². The highest BCUT2D eigenvalue weighted by molar-refractivity contribution is 6.26. The summed E-state index contributed by atoms with van der Waals surface area (Å²) in [6.07, 6.45) is 13.6. The SMILES string of the molecule is Cc1cc(N2c3ccc(-c4ccc5c(-c6cccc7ccccc67)c6cc(-c7ccc8c(c7)C7(C)CCCCC7(C)N8c7ccnc(C)c7)ccc6c(-c6cccc7ccccc67)c5c4)cc3C3(C)CCCCC23C)ccn1. The minimum Gasteiger partial charge on any atom is -0.334 e. The van der Waals surface area contributed by atoms with Crippen molar-refractivity contribution in [2.45, 2.75) is 115 Å². The van der Waals surface area contributed by atoms with Gasteiger partial charge in [0.05, 0.1) is 11.1 Å². The van der Waals surface area contributed by atoms with E-state index in [2.05, 4.69) is 243 Å². The van der Waals surface area contributed by atoms with Crippen LogP contribution in [0.15, 0.2) is 194 Å². The maximum Gasteiger partial charge on any atom is 0.0517 e. The smallest absolute Gasteiger partial charge is 0.0517 e. The van der Waals surface area contributed by atoms with Crippen molar-refractivity contribution in [2.24, 2.45) is 0 Å². The van der Waals surface area contributed by atoms with E-state index in [1.165, 1.54) is 160 Å². The zero-order chi connectivity index (χ0) is 52.7. The van der Waals surface area contributed by atoms with E-state index in [1.54, 1.807) is 0 Å². The lowest BCUT2D eigenvalue weighted by atomic mass is 9.61. The van der Waals surface area contributed by atoms with Crippen molar-refractivity contribution in [3.63, 3.8) is 0 Å². The van der Waals surface area contributed by atoms with Gasteiger partial charge in [-0.3, -0.25) is 9.97 Å². The van der Waals surface area contributed by atoms with E-state index >= 15 is 0 Å². The Morgan fingerprint density at radius 1 is 0.359 bits per heavy atom. The Bertz CT molecular complexity index is 4020. The molecule has 2 aliphatic carbocycles. The van der Waals surface area contributed by atoms with Crippen molar-refractivity contribution in [3.8, 4) is 44.5 Å². The number of aryl methyl sites for hydroxylation is 2. The monoisotopic (exact) mass is 1010 g/mol. The summed E-state index contributed by atoms with van der Waals surface area (Å²) in [5.41, 5.74) is 20.1. The Labute approximate surface area is 459 Å². The van der Waals surface area contributed by atoms with Gasteiger partial charge < -0.3 is 9.80 Å². The van der Waals surface area contributed by atoms with Crippen molar-refractivity contribution in [1.82, 2.24) is 9.97 Å². The van der Waals surface area contributed by atoms with Gasteiger partial charge in [-0.15, -0.1) is 0 Å². The lowest BCUT2D eigenvalue weighted by molar-refractivity contribution is 0.195. The summed E-state index contributed by atoms with van der Waals surface area (Å²) in [5, 5.41) is 10.1. The zero-order valence-corrected chi connectivity index (χ0v) is 45.9. The van der Waals surface area contributed by atoms with Crippen molar-refractivity contribution in [3.05, 3.63) is 217 Å². The van der Waals surface area contributed by atoms with Crippen molar-refractivity contribution in [2.75, 3.05) is 9.80 Å². The van der Waals surface area contributed by atoms with Gasteiger partial charge in [0, 0.05) is 57.4 Å². The molecule has 11 aromatic rings. The molecule has 2 aliphatic heterocycles. The number of nitrogens with zero attached hydrogens (tertiary/aromatic N) is 4. The van der Waals surface area contributed by atoms with Crippen LogP contribution in [0.25, 0.3) is 87.6 Å². The van der Waals surface area contributed by atoms with Crippen LogP contribution in [0.2, 0.25) is 0 Å². The Morgan fingerprint density at radius 2 is 0.756 bits per heavy atom. The molecule has 15 rings (SSSR count). The number of anilines is 4. The standard InChI is InChI=1S/C74H66N4/c1-47-41-55(33-39-75-47)77-67-31-27-53(45-65(67)71(3)35-11-13-37-73(71,77)5)51-25-29-61-63(43-51)69(59-23-15-19-49-17-7-9-21-57(49)59)62-30-26-52(44-64(62)70(61)60-24-16-20-50-18-8-10-22-58(50)60)54-28-32-68-66(46-54)72(4)36-12-14-38-74(72,6)78(68)56-34-40-76-48(2)42-56/h7-10,15-34,39-46H,11-14,35-38H2,1-6H3. The Balaban J connectivity index is 0.984. The largest absolute Gasteiger partial charge is 0.334 e. The van der Waals surface area contributed by atoms with Crippen LogP contribution in [0.1, 0.15) is 102 Å². The van der Waals surface area contributed by atoms with E-state index in [9.17, 15) is 0 Å². The van der Waals surface area contributed by atoms with E-state index in [-0.39, 0.29) is 21.9 Å². The minimum atomic E-state index is -0.0517. The second-order valence-corrected chi connectivity index (χ2v) is 24.4. The van der Waals surface area contributed by atoms with Crippen molar-refractivity contribution >= 4 is 65.8 Å². The highest BCUT2D eigenvalue weighted by Crippen LogP contribution is 2.63. The highest BCUT2D eigenvalue weighted by Gasteiger charge is 2.59. The molecule has 4 unspecified atom stereocenters. The number of rotatable bonds is 6. The Kier molecular flexibility index (Phi) is 10.4. The van der Waals surface area contributed by atoms with Crippen molar-refractivity contribution < 1.29 is 0 Å². The fourth-order valence-electron chi connectivity index (χ4n) is 16.0. The van der Waals surface area contributed by atoms with E-state index in [0.29, 0.717) is 0 Å². The third-order valence-electron chi connectivity index (χ3n) is 20.4. The molecule has 4 nitrogen and oxygen atoms in total. The molecule has 4 heterocycles. The van der Waals surface area contributed by atoms with Gasteiger partial charge in [-0.05, 0) is 213 Å². The first kappa shape index (κ1) is 47.2. The normalized spacial score (nSPS) is 22.5. The molecule has 0 amide bonds. The molecule has 78 heavy (non-hydrogen) atoms. The number of aromatic nitrogens is 2. The predicted octanol–water partition coefficient (Wildman–Crippen LogP) is 19.9. The van der Waals surface area contributed by atoms with Crippen LogP contribution < -0.4 is 9.80 Å². The highest BCUT2D eigenvalue weighted by atomic mass is 15.3. The molecule has 0 spiro atoms. The molecule has 2 aromatic heterocycles. The Hall–Kier alpha value is -8.08. The van der Waals surface area contributed by atoms with E-state index in [0.717, 1.165) is 24.2 Å². The van der Waals surface area contributed by atoms with E-state index in [1.807, 2.05) is 12.4 Å². The van der Waals surface area contributed by atoms with Gasteiger partial charge in [-0.25, -0.2) is 0 Å². The summed E-state index contributed by atoms with van der Waals surface area (Å²) in [5.74, 6) is 0. The molecule has 4 aliphatic rings. The van der Waals surface area contributed by atoms with Gasteiger partial charge in [0.15, 0.2) is 0 Å². The average molecular weight is 1010 g/mol. The fourth-order valence-corrected chi connectivity index (χ4v) is 16.0. The quantitative estimate of drug-likeness (QED) is 0.155. The molecule has 2 fully saturated rings. The van der Waals surface area contributed by atoms with Crippen LogP contribution in [-0.4, -0.2) is 21.0 Å². The predicted molar refractivity (Wildman–Crippen MR) is 329 cm³/mol. The van der Waals surface area contributed by atoms with Gasteiger partial charge in [-0.2, -0.15) is 0 Å².